The molecule has 1 aliphatic rings. The highest BCUT2D eigenvalue weighted by Crippen LogP contribution is 2.40. The Bertz CT molecular complexity index is 1560. The Labute approximate surface area is 229 Å². The van der Waals surface area contributed by atoms with Gasteiger partial charge in [0.2, 0.25) is 0 Å². The number of sulfonamides is 1. The normalized spacial score (nSPS) is 15.0. The Kier molecular flexibility index (Phi) is 7.77. The second kappa shape index (κ2) is 10.6. The van der Waals surface area contributed by atoms with Gasteiger partial charge in [0.05, 0.1) is 10.6 Å². The summed E-state index contributed by atoms with van der Waals surface area (Å²) in [5.41, 5.74) is 1.90. The maximum Gasteiger partial charge on any atom is 0.422 e. The van der Waals surface area contributed by atoms with Crippen LogP contribution < -0.4 is 9.46 Å². The number of rotatable bonds is 9. The predicted octanol–water partition coefficient (Wildman–Crippen LogP) is 5.37. The molecular weight excluding hydrogens is 549 g/mol. The Balaban J connectivity index is 1.82. The molecule has 4 rings (SSSR count). The Morgan fingerprint density at radius 1 is 1.12 bits per heavy atom. The average molecular weight is 579 g/mol. The van der Waals surface area contributed by atoms with Gasteiger partial charge in [0.15, 0.2) is 12.4 Å². The van der Waals surface area contributed by atoms with Crippen molar-refractivity contribution in [3.05, 3.63) is 76.6 Å². The van der Waals surface area contributed by atoms with Gasteiger partial charge in [0.25, 0.3) is 10.0 Å². The van der Waals surface area contributed by atoms with Crippen LogP contribution in [0.25, 0.3) is 0 Å². The molecule has 0 bridgehead atoms. The molecule has 214 valence electrons. The number of carbonyl (C=O) groups is 2. The number of ketones is 1. The van der Waals surface area contributed by atoms with Gasteiger partial charge in [0.1, 0.15) is 12.3 Å². The van der Waals surface area contributed by atoms with Crippen molar-refractivity contribution in [3.63, 3.8) is 0 Å². The van der Waals surface area contributed by atoms with Gasteiger partial charge in [-0.3, -0.25) is 14.3 Å². The molecule has 1 aromatic heterocycles. The summed E-state index contributed by atoms with van der Waals surface area (Å²) < 4.78 is 73.6. The summed E-state index contributed by atoms with van der Waals surface area (Å²) in [7, 11) is -4.06. The zero-order valence-corrected chi connectivity index (χ0v) is 22.9. The van der Waals surface area contributed by atoms with Crippen LogP contribution in [0.3, 0.4) is 0 Å². The lowest BCUT2D eigenvalue weighted by Crippen LogP contribution is -2.29. The van der Waals surface area contributed by atoms with E-state index in [4.69, 9.17) is 4.74 Å². The maximum absolute atomic E-state index is 13.3. The molecule has 0 atom stereocenters. The van der Waals surface area contributed by atoms with E-state index >= 15 is 0 Å². The van der Waals surface area contributed by atoms with Crippen molar-refractivity contribution in [1.29, 1.82) is 0 Å². The van der Waals surface area contributed by atoms with E-state index in [9.17, 15) is 36.3 Å². The highest BCUT2D eigenvalue weighted by atomic mass is 32.2. The zero-order valence-electron chi connectivity index (χ0n) is 22.1. The Morgan fingerprint density at radius 3 is 2.42 bits per heavy atom. The monoisotopic (exact) mass is 578 g/mol. The number of carbonyl (C=O) groups excluding carboxylic acids is 1. The number of ether oxygens (including phenoxy) is 1. The molecule has 2 aromatic carbocycles. The highest BCUT2D eigenvalue weighted by Gasteiger charge is 2.37. The number of fused-ring (bicyclic) bond motifs is 1. The first-order valence-electron chi connectivity index (χ1n) is 12.4. The molecule has 2 N–H and O–H groups in total. The number of carboxylic acids is 1. The minimum Gasteiger partial charge on any atom is -0.484 e. The van der Waals surface area contributed by atoms with Gasteiger partial charge in [-0.1, -0.05) is 32.0 Å². The molecule has 12 heteroatoms. The van der Waals surface area contributed by atoms with E-state index in [-0.39, 0.29) is 47.1 Å². The number of aliphatic carboxylic acids is 1. The third-order valence-corrected chi connectivity index (χ3v) is 8.14. The van der Waals surface area contributed by atoms with Gasteiger partial charge >= 0.3 is 12.1 Å². The van der Waals surface area contributed by atoms with E-state index in [1.165, 1.54) is 30.3 Å². The van der Waals surface area contributed by atoms with Crippen molar-refractivity contribution >= 4 is 27.5 Å². The highest BCUT2D eigenvalue weighted by molar-refractivity contribution is 7.92. The van der Waals surface area contributed by atoms with E-state index in [1.807, 2.05) is 13.8 Å². The number of nitrogens with zero attached hydrogens (tertiary/aromatic N) is 1. The third kappa shape index (κ3) is 6.49. The summed E-state index contributed by atoms with van der Waals surface area (Å²) in [4.78, 5) is 25.0. The van der Waals surface area contributed by atoms with Crippen molar-refractivity contribution < 1.29 is 41.0 Å². The van der Waals surface area contributed by atoms with Crippen molar-refractivity contribution in [2.24, 2.45) is 5.41 Å². The molecule has 0 unspecified atom stereocenters. The van der Waals surface area contributed by atoms with E-state index < -0.39 is 34.2 Å². The molecule has 40 heavy (non-hydrogen) atoms. The smallest absolute Gasteiger partial charge is 0.422 e. The first kappa shape index (κ1) is 29.2. The first-order chi connectivity index (χ1) is 18.6. The van der Waals surface area contributed by atoms with Gasteiger partial charge < -0.3 is 14.4 Å². The summed E-state index contributed by atoms with van der Waals surface area (Å²) in [5, 5.41) is 9.54. The fraction of sp³-hybridized carbons (Fsp3) is 0.357. The fourth-order valence-electron chi connectivity index (χ4n) is 5.04. The minimum atomic E-state index is -4.59. The summed E-state index contributed by atoms with van der Waals surface area (Å²) >= 11 is 0. The molecule has 0 radical (unpaired) electrons. The van der Waals surface area contributed by atoms with E-state index in [1.54, 1.807) is 29.7 Å². The molecule has 0 fully saturated rings. The van der Waals surface area contributed by atoms with Gasteiger partial charge in [-0.2, -0.15) is 13.2 Å². The summed E-state index contributed by atoms with van der Waals surface area (Å²) in [6, 6.07) is 11.4. The molecular formula is C28H29F3N2O6S. The lowest BCUT2D eigenvalue weighted by Gasteiger charge is -2.30. The zero-order chi connectivity index (χ0) is 29.5. The predicted molar refractivity (Wildman–Crippen MR) is 141 cm³/mol. The van der Waals surface area contributed by atoms with E-state index in [0.717, 1.165) is 0 Å². The lowest BCUT2D eigenvalue weighted by molar-refractivity contribution is -0.153. The minimum absolute atomic E-state index is 0.0167. The summed E-state index contributed by atoms with van der Waals surface area (Å²) in [6.07, 6.45) is -3.96. The molecule has 0 saturated heterocycles. The summed E-state index contributed by atoms with van der Waals surface area (Å²) in [5.74, 6) is -1.41. The molecule has 0 amide bonds. The molecule has 1 heterocycles. The lowest BCUT2D eigenvalue weighted by atomic mass is 9.75. The molecule has 0 saturated carbocycles. The molecule has 3 aromatic rings. The number of Topliss-reactive ketones (excluding diaryl/α,β-unsaturated/α-hetero) is 1. The fourth-order valence-corrected chi connectivity index (χ4v) is 6.16. The SMILES string of the molecule is Cc1c(Cc2cc(OCC(F)(F)F)ccc2NS(=O)(=O)c2ccccc2)c2c(n1CC(=O)O)CC(C)(C)CC2=O. The van der Waals surface area contributed by atoms with Crippen molar-refractivity contribution in [3.8, 4) is 5.75 Å². The number of aromatic nitrogens is 1. The maximum atomic E-state index is 13.3. The van der Waals surface area contributed by atoms with Crippen LogP contribution in [0, 0.1) is 12.3 Å². The molecule has 0 aliphatic heterocycles. The van der Waals surface area contributed by atoms with Gasteiger partial charge in [0, 0.05) is 29.8 Å². The van der Waals surface area contributed by atoms with Crippen LogP contribution in [0.2, 0.25) is 0 Å². The Hall–Kier alpha value is -3.80. The van der Waals surface area contributed by atoms with Gasteiger partial charge in [-0.15, -0.1) is 0 Å². The van der Waals surface area contributed by atoms with Crippen LogP contribution in [0.5, 0.6) is 5.75 Å². The van der Waals surface area contributed by atoms with Crippen LogP contribution in [0.4, 0.5) is 18.9 Å². The second-order valence-corrected chi connectivity index (χ2v) is 12.3. The van der Waals surface area contributed by atoms with E-state index in [0.29, 0.717) is 28.9 Å². The number of nitrogens with one attached hydrogen (secondary N) is 1. The second-order valence-electron chi connectivity index (χ2n) is 10.6. The number of anilines is 1. The number of alkyl halides is 3. The molecule has 8 nitrogen and oxygen atoms in total. The van der Waals surface area contributed by atoms with Crippen molar-refractivity contribution in [2.45, 2.75) is 57.7 Å². The quantitative estimate of drug-likeness (QED) is 0.353. The average Bonchev–Trinajstić information content (AvgIpc) is 3.08. The van der Waals surface area contributed by atoms with Crippen LogP contribution in [0.15, 0.2) is 53.4 Å². The standard InChI is InChI=1S/C28H29F3N2O6S/c1-17-21(26-23(33(17)15-25(35)36)13-27(2,3)14-24(26)34)12-18-11-19(39-16-28(29,30)31)9-10-22(18)32-40(37,38)20-7-5-4-6-8-20/h4-11,32H,12-16H2,1-3H3,(H,35,36). The van der Waals surface area contributed by atoms with E-state index in [2.05, 4.69) is 4.72 Å². The third-order valence-electron chi connectivity index (χ3n) is 6.76. The van der Waals surface area contributed by atoms with Crippen molar-refractivity contribution in [2.75, 3.05) is 11.3 Å². The van der Waals surface area contributed by atoms with Crippen molar-refractivity contribution in [1.82, 2.24) is 4.57 Å². The van der Waals surface area contributed by atoms with Crippen LogP contribution >= 0.6 is 0 Å². The first-order valence-corrected chi connectivity index (χ1v) is 13.9. The topological polar surface area (TPSA) is 115 Å². The van der Waals surface area contributed by atoms with Crippen LogP contribution in [-0.2, 0) is 34.2 Å². The number of halogens is 3. The molecule has 0 spiro atoms. The largest absolute Gasteiger partial charge is 0.484 e. The van der Waals surface area contributed by atoms with Crippen LogP contribution in [0.1, 0.15) is 53.1 Å². The number of benzene rings is 2. The molecule has 1 aliphatic carbocycles. The number of hydrogen-bond acceptors (Lipinski definition) is 5. The van der Waals surface area contributed by atoms with Gasteiger partial charge in [-0.05, 0) is 60.2 Å². The van der Waals surface area contributed by atoms with Crippen LogP contribution in [-0.4, -0.2) is 42.6 Å². The number of hydrogen-bond donors (Lipinski definition) is 2. The summed E-state index contributed by atoms with van der Waals surface area (Å²) in [6.45, 7) is 3.59. The number of carboxylic acid groups (broad SMARTS) is 1. The Morgan fingerprint density at radius 2 is 1.80 bits per heavy atom. The van der Waals surface area contributed by atoms with Gasteiger partial charge in [-0.25, -0.2) is 8.42 Å².